The van der Waals surface area contributed by atoms with E-state index in [1.54, 1.807) is 48.5 Å². The van der Waals surface area contributed by atoms with Crippen molar-refractivity contribution in [2.45, 2.75) is 39.7 Å². The van der Waals surface area contributed by atoms with Gasteiger partial charge in [-0.2, -0.15) is 0 Å². The Morgan fingerprint density at radius 2 is 1.53 bits per heavy atom. The molecule has 0 saturated heterocycles. The number of amides is 3. The third kappa shape index (κ3) is 7.58. The van der Waals surface area contributed by atoms with Crippen molar-refractivity contribution in [1.29, 1.82) is 0 Å². The van der Waals surface area contributed by atoms with Gasteiger partial charge in [0, 0.05) is 35.1 Å². The number of carbonyl (C=O) groups is 3. The summed E-state index contributed by atoms with van der Waals surface area (Å²) in [4.78, 5) is 36.5. The highest BCUT2D eigenvalue weighted by Crippen LogP contribution is 2.13. The lowest BCUT2D eigenvalue weighted by molar-refractivity contribution is -0.114. The van der Waals surface area contributed by atoms with Gasteiger partial charge >= 0.3 is 0 Å². The van der Waals surface area contributed by atoms with E-state index in [-0.39, 0.29) is 30.3 Å². The molecule has 0 radical (unpaired) electrons. The minimum Gasteiger partial charge on any atom is -0.376 e. The van der Waals surface area contributed by atoms with Crippen LogP contribution in [0.1, 0.15) is 54.3 Å². The van der Waals surface area contributed by atoms with Crippen LogP contribution in [0.3, 0.4) is 0 Å². The van der Waals surface area contributed by atoms with Gasteiger partial charge in [-0.1, -0.05) is 25.5 Å². The molecule has 0 aliphatic heterocycles. The second kappa shape index (κ2) is 11.6. The van der Waals surface area contributed by atoms with Crippen molar-refractivity contribution in [2.24, 2.45) is 0 Å². The summed E-state index contributed by atoms with van der Waals surface area (Å²) in [5.41, 5.74) is 2.25. The first-order valence-corrected chi connectivity index (χ1v) is 10.2. The van der Waals surface area contributed by atoms with Crippen molar-refractivity contribution in [2.75, 3.05) is 23.7 Å². The van der Waals surface area contributed by atoms with E-state index in [0.717, 1.165) is 12.8 Å². The second-order valence-corrected chi connectivity index (χ2v) is 7.30. The topological polar surface area (TPSA) is 99.3 Å². The Labute approximate surface area is 177 Å². The number of rotatable bonds is 10. The van der Waals surface area contributed by atoms with E-state index >= 15 is 0 Å². The highest BCUT2D eigenvalue weighted by atomic mass is 16.2. The van der Waals surface area contributed by atoms with E-state index in [2.05, 4.69) is 28.2 Å². The van der Waals surface area contributed by atoms with E-state index in [4.69, 9.17) is 0 Å². The molecule has 0 bridgehead atoms. The Morgan fingerprint density at radius 1 is 0.900 bits per heavy atom. The first kappa shape index (κ1) is 22.9. The fraction of sp³-hybridized carbons (Fsp3) is 0.348. The molecule has 30 heavy (non-hydrogen) atoms. The Hall–Kier alpha value is -3.35. The maximum atomic E-state index is 12.3. The quantitative estimate of drug-likeness (QED) is 0.451. The van der Waals surface area contributed by atoms with Crippen molar-refractivity contribution in [1.82, 2.24) is 10.6 Å². The summed E-state index contributed by atoms with van der Waals surface area (Å²) in [7, 11) is 0. The van der Waals surface area contributed by atoms with Gasteiger partial charge in [0.2, 0.25) is 5.91 Å². The maximum absolute atomic E-state index is 12.3. The molecular formula is C23H30N4O3. The predicted molar refractivity (Wildman–Crippen MR) is 120 cm³/mol. The molecule has 0 spiro atoms. The normalized spacial score (nSPS) is 10.4. The lowest BCUT2D eigenvalue weighted by Crippen LogP contribution is -2.30. The number of benzene rings is 2. The predicted octanol–water partition coefficient (Wildman–Crippen LogP) is 3.41. The third-order valence-corrected chi connectivity index (χ3v) is 4.22. The fourth-order valence-corrected chi connectivity index (χ4v) is 2.72. The highest BCUT2D eigenvalue weighted by molar-refractivity contribution is 5.98. The number of unbranched alkanes of at least 4 members (excludes halogenated alkanes) is 1. The molecule has 0 atom stereocenters. The zero-order valence-electron chi connectivity index (χ0n) is 17.7. The van der Waals surface area contributed by atoms with E-state index in [1.807, 2.05) is 13.8 Å². The van der Waals surface area contributed by atoms with Crippen molar-refractivity contribution in [3.63, 3.8) is 0 Å². The zero-order chi connectivity index (χ0) is 21.9. The zero-order valence-corrected chi connectivity index (χ0v) is 17.7. The number of anilines is 2. The molecule has 0 unspecified atom stereocenters. The van der Waals surface area contributed by atoms with Crippen LogP contribution in [0.4, 0.5) is 11.4 Å². The van der Waals surface area contributed by atoms with Gasteiger partial charge in [-0.3, -0.25) is 14.4 Å². The van der Waals surface area contributed by atoms with E-state index in [9.17, 15) is 14.4 Å². The maximum Gasteiger partial charge on any atom is 0.251 e. The molecule has 7 heteroatoms. The van der Waals surface area contributed by atoms with Crippen LogP contribution in [0.15, 0.2) is 48.5 Å². The van der Waals surface area contributed by atoms with E-state index < -0.39 is 0 Å². The first-order valence-electron chi connectivity index (χ1n) is 10.2. The van der Waals surface area contributed by atoms with Crippen LogP contribution in [-0.4, -0.2) is 36.9 Å². The number of hydrogen-bond acceptors (Lipinski definition) is 4. The molecule has 2 aromatic rings. The number of hydrogen-bond donors (Lipinski definition) is 4. The van der Waals surface area contributed by atoms with Gasteiger partial charge in [0.15, 0.2) is 0 Å². The van der Waals surface area contributed by atoms with Gasteiger partial charge < -0.3 is 21.3 Å². The summed E-state index contributed by atoms with van der Waals surface area (Å²) in [5.74, 6) is -0.572. The SMILES string of the molecule is CCCCNC(=O)c1cccc(NC(=O)CNc2cccc(C(=O)NC(C)C)c2)c1. The number of carbonyl (C=O) groups excluding carboxylic acids is 3. The molecule has 0 saturated carbocycles. The van der Waals surface area contributed by atoms with Crippen LogP contribution < -0.4 is 21.3 Å². The highest BCUT2D eigenvalue weighted by Gasteiger charge is 2.09. The summed E-state index contributed by atoms with van der Waals surface area (Å²) in [6, 6.07) is 13.8. The van der Waals surface area contributed by atoms with Crippen LogP contribution in [0, 0.1) is 0 Å². The molecule has 2 rings (SSSR count). The standard InChI is InChI=1S/C23H30N4O3/c1-4-5-12-24-22(29)17-8-7-11-20(14-17)27-21(28)15-25-19-10-6-9-18(13-19)23(30)26-16(2)3/h6-11,13-14,16,25H,4-5,12,15H2,1-3H3,(H,24,29)(H,26,30)(H,27,28). The van der Waals surface area contributed by atoms with Gasteiger partial charge in [0.25, 0.3) is 11.8 Å². The van der Waals surface area contributed by atoms with E-state index in [0.29, 0.717) is 29.0 Å². The van der Waals surface area contributed by atoms with Crippen molar-refractivity contribution in [3.8, 4) is 0 Å². The minimum atomic E-state index is -0.254. The molecular weight excluding hydrogens is 380 g/mol. The Balaban J connectivity index is 1.90. The smallest absolute Gasteiger partial charge is 0.251 e. The Bertz CT molecular complexity index is 880. The molecule has 0 fully saturated rings. The van der Waals surface area contributed by atoms with Crippen LogP contribution in [0.5, 0.6) is 0 Å². The molecule has 0 aromatic heterocycles. The Morgan fingerprint density at radius 3 is 2.20 bits per heavy atom. The van der Waals surface area contributed by atoms with Crippen molar-refractivity contribution in [3.05, 3.63) is 59.7 Å². The average Bonchev–Trinajstić information content (AvgIpc) is 2.72. The number of nitrogens with one attached hydrogen (secondary N) is 4. The summed E-state index contributed by atoms with van der Waals surface area (Å²) < 4.78 is 0. The fourth-order valence-electron chi connectivity index (χ4n) is 2.72. The van der Waals surface area contributed by atoms with Crippen LogP contribution in [0.25, 0.3) is 0 Å². The van der Waals surface area contributed by atoms with Gasteiger partial charge in [0.1, 0.15) is 0 Å². The molecule has 0 aliphatic rings. The lowest BCUT2D eigenvalue weighted by Gasteiger charge is -2.11. The largest absolute Gasteiger partial charge is 0.376 e. The van der Waals surface area contributed by atoms with Gasteiger partial charge in [-0.25, -0.2) is 0 Å². The average molecular weight is 411 g/mol. The van der Waals surface area contributed by atoms with Crippen LogP contribution in [0.2, 0.25) is 0 Å². The summed E-state index contributed by atoms with van der Waals surface area (Å²) in [6.07, 6.45) is 1.93. The third-order valence-electron chi connectivity index (χ3n) is 4.22. The molecule has 3 amide bonds. The van der Waals surface area contributed by atoms with E-state index in [1.165, 1.54) is 0 Å². The van der Waals surface area contributed by atoms with Gasteiger partial charge in [-0.15, -0.1) is 0 Å². The summed E-state index contributed by atoms with van der Waals surface area (Å²) in [6.45, 7) is 6.52. The molecule has 0 aliphatic carbocycles. The van der Waals surface area contributed by atoms with Gasteiger partial charge in [-0.05, 0) is 56.7 Å². The molecule has 2 aromatic carbocycles. The summed E-state index contributed by atoms with van der Waals surface area (Å²) >= 11 is 0. The van der Waals surface area contributed by atoms with Crippen LogP contribution >= 0.6 is 0 Å². The molecule has 160 valence electrons. The lowest BCUT2D eigenvalue weighted by atomic mass is 10.1. The first-order chi connectivity index (χ1) is 14.4. The second-order valence-electron chi connectivity index (χ2n) is 7.30. The monoisotopic (exact) mass is 410 g/mol. The molecule has 0 heterocycles. The molecule has 7 nitrogen and oxygen atoms in total. The minimum absolute atomic E-state index is 0.0299. The summed E-state index contributed by atoms with van der Waals surface area (Å²) in [5, 5.41) is 11.5. The van der Waals surface area contributed by atoms with Crippen molar-refractivity contribution >= 4 is 29.1 Å². The Kier molecular flexibility index (Phi) is 8.87. The van der Waals surface area contributed by atoms with Crippen molar-refractivity contribution < 1.29 is 14.4 Å². The molecule has 4 N–H and O–H groups in total. The van der Waals surface area contributed by atoms with Crippen LogP contribution in [-0.2, 0) is 4.79 Å². The van der Waals surface area contributed by atoms with Gasteiger partial charge in [0.05, 0.1) is 6.54 Å².